The lowest BCUT2D eigenvalue weighted by Gasteiger charge is -2.24. The number of amides is 2. The van der Waals surface area contributed by atoms with Crippen molar-refractivity contribution in [2.45, 2.75) is 44.6 Å². The van der Waals surface area contributed by atoms with Crippen LogP contribution in [0.3, 0.4) is 0 Å². The summed E-state index contributed by atoms with van der Waals surface area (Å²) in [6, 6.07) is 11.5. The third kappa shape index (κ3) is 4.99. The van der Waals surface area contributed by atoms with Crippen LogP contribution in [0, 0.1) is 11.8 Å². The van der Waals surface area contributed by atoms with Crippen molar-refractivity contribution in [1.82, 2.24) is 5.32 Å². The molecule has 2 aliphatic rings. The first-order valence-electron chi connectivity index (χ1n) is 11.2. The summed E-state index contributed by atoms with van der Waals surface area (Å²) in [4.78, 5) is 32.1. The van der Waals surface area contributed by atoms with Crippen LogP contribution in [0.5, 0.6) is 0 Å². The quantitative estimate of drug-likeness (QED) is 0.671. The van der Waals surface area contributed by atoms with Gasteiger partial charge in [-0.15, -0.1) is 0 Å². The summed E-state index contributed by atoms with van der Waals surface area (Å²) < 4.78 is 39.2. The predicted octanol–water partition coefficient (Wildman–Crippen LogP) is 3.76. The van der Waals surface area contributed by atoms with E-state index in [1.807, 2.05) is 0 Å². The number of aliphatic hydroxyl groups excluding tert-OH is 1. The van der Waals surface area contributed by atoms with Gasteiger partial charge in [0, 0.05) is 18.2 Å². The molecule has 2 N–H and O–H groups in total. The highest BCUT2D eigenvalue weighted by Gasteiger charge is 2.36. The van der Waals surface area contributed by atoms with Crippen LogP contribution in [0.1, 0.15) is 42.9 Å². The molecular weight excluding hydrogens is 447 g/mol. The first kappa shape index (κ1) is 23.9. The summed E-state index contributed by atoms with van der Waals surface area (Å²) in [5.41, 5.74) is 0.959. The third-order valence-electron chi connectivity index (χ3n) is 6.31. The number of aliphatic hydroxyl groups is 1. The molecular formula is C25H26F3N3O3. The number of benzene rings is 2. The number of hydrogen-bond donors (Lipinski definition) is 2. The smallest absolute Gasteiger partial charge is 0.393 e. The zero-order chi connectivity index (χ0) is 24.6. The lowest BCUT2D eigenvalue weighted by Crippen LogP contribution is -2.49. The molecule has 1 unspecified atom stereocenters. The molecule has 180 valence electrons. The monoisotopic (exact) mass is 473 g/mol. The second-order valence-corrected chi connectivity index (χ2v) is 8.90. The second kappa shape index (κ2) is 9.21. The standard InChI is InChI=1S/C25H26F3N3O3/c1-14(32)19(13-15-7-8-15)23(33)30-22-24(34)31(2)20-6-4-3-5-18(20)21(29-22)16-9-11-17(12-10-16)25(26,27)28/h3-6,9-12,14-15,19,22,32H,7-8,13H2,1-2H3,(H,30,33)/t14-,19+,22?/m0/s1. The van der Waals surface area contributed by atoms with Gasteiger partial charge < -0.3 is 15.3 Å². The van der Waals surface area contributed by atoms with E-state index in [-0.39, 0.29) is 0 Å². The second-order valence-electron chi connectivity index (χ2n) is 8.90. The van der Waals surface area contributed by atoms with E-state index in [0.717, 1.165) is 25.0 Å². The van der Waals surface area contributed by atoms with E-state index in [9.17, 15) is 27.9 Å². The van der Waals surface area contributed by atoms with Crippen LogP contribution in [0.25, 0.3) is 0 Å². The van der Waals surface area contributed by atoms with Gasteiger partial charge in [-0.05, 0) is 37.5 Å². The Kier molecular flexibility index (Phi) is 6.49. The highest BCUT2D eigenvalue weighted by atomic mass is 19.4. The maximum Gasteiger partial charge on any atom is 0.416 e. The molecule has 6 nitrogen and oxygen atoms in total. The molecule has 0 saturated heterocycles. The van der Waals surface area contributed by atoms with Crippen LogP contribution >= 0.6 is 0 Å². The Bertz CT molecular complexity index is 1110. The zero-order valence-electron chi connectivity index (χ0n) is 18.8. The average molecular weight is 473 g/mol. The van der Waals surface area contributed by atoms with Crippen molar-refractivity contribution in [3.63, 3.8) is 0 Å². The fourth-order valence-corrected chi connectivity index (χ4v) is 4.14. The number of anilines is 1. The van der Waals surface area contributed by atoms with Crippen LogP contribution in [-0.4, -0.2) is 41.9 Å². The van der Waals surface area contributed by atoms with Gasteiger partial charge in [-0.3, -0.25) is 9.59 Å². The average Bonchev–Trinajstić information content (AvgIpc) is 3.63. The minimum Gasteiger partial charge on any atom is -0.393 e. The molecule has 3 atom stereocenters. The number of carbonyl (C=O) groups is 2. The van der Waals surface area contributed by atoms with E-state index in [1.54, 1.807) is 38.2 Å². The molecule has 1 fully saturated rings. The Morgan fingerprint density at radius 2 is 1.82 bits per heavy atom. The summed E-state index contributed by atoms with van der Waals surface area (Å²) in [5.74, 6) is -1.26. The highest BCUT2D eigenvalue weighted by molar-refractivity contribution is 6.20. The number of halogens is 3. The highest BCUT2D eigenvalue weighted by Crippen LogP contribution is 2.36. The molecule has 2 amide bonds. The molecule has 1 aliphatic carbocycles. The van der Waals surface area contributed by atoms with E-state index >= 15 is 0 Å². The Morgan fingerprint density at radius 3 is 2.41 bits per heavy atom. The maximum atomic E-state index is 13.2. The Hall–Kier alpha value is -3.20. The number of hydrogen-bond acceptors (Lipinski definition) is 4. The van der Waals surface area contributed by atoms with Crippen molar-refractivity contribution in [3.8, 4) is 0 Å². The molecule has 1 aliphatic heterocycles. The van der Waals surface area contributed by atoms with E-state index in [4.69, 9.17) is 0 Å². The molecule has 1 saturated carbocycles. The molecule has 2 aromatic carbocycles. The first-order valence-corrected chi connectivity index (χ1v) is 11.2. The fraction of sp³-hybridized carbons (Fsp3) is 0.400. The number of para-hydroxylation sites is 1. The largest absolute Gasteiger partial charge is 0.416 e. The number of benzodiazepines with no additional fused rings is 1. The maximum absolute atomic E-state index is 13.2. The van der Waals surface area contributed by atoms with Gasteiger partial charge >= 0.3 is 6.18 Å². The molecule has 0 aromatic heterocycles. The van der Waals surface area contributed by atoms with Gasteiger partial charge in [0.05, 0.1) is 29.0 Å². The Labute approximate surface area is 195 Å². The SMILES string of the molecule is C[C@H](O)[C@@H](CC1CC1)C(=O)NC1N=C(c2ccc(C(F)(F)F)cc2)c2ccccc2N(C)C1=O. The van der Waals surface area contributed by atoms with Gasteiger partial charge in [0.2, 0.25) is 12.1 Å². The van der Waals surface area contributed by atoms with Gasteiger partial charge in [0.15, 0.2) is 0 Å². The van der Waals surface area contributed by atoms with E-state index in [0.29, 0.717) is 34.9 Å². The molecule has 0 radical (unpaired) electrons. The molecule has 1 heterocycles. The molecule has 4 rings (SSSR count). The number of carbonyl (C=O) groups excluding carboxylic acids is 2. The predicted molar refractivity (Wildman–Crippen MR) is 121 cm³/mol. The molecule has 0 spiro atoms. The minimum absolute atomic E-state index is 0.295. The first-order chi connectivity index (χ1) is 16.1. The Balaban J connectivity index is 1.72. The number of aliphatic imine (C=N–C) groups is 1. The van der Waals surface area contributed by atoms with Crippen LogP contribution in [0.2, 0.25) is 0 Å². The van der Waals surface area contributed by atoms with Crippen LogP contribution in [0.15, 0.2) is 53.5 Å². The lowest BCUT2D eigenvalue weighted by atomic mass is 9.95. The summed E-state index contributed by atoms with van der Waals surface area (Å²) in [6.07, 6.45) is -4.13. The summed E-state index contributed by atoms with van der Waals surface area (Å²) in [6.45, 7) is 1.54. The number of fused-ring (bicyclic) bond motifs is 1. The molecule has 34 heavy (non-hydrogen) atoms. The summed E-state index contributed by atoms with van der Waals surface area (Å²) in [5, 5.41) is 12.8. The van der Waals surface area contributed by atoms with Crippen molar-refractivity contribution >= 4 is 23.2 Å². The van der Waals surface area contributed by atoms with Crippen LogP contribution in [-0.2, 0) is 15.8 Å². The summed E-state index contributed by atoms with van der Waals surface area (Å²) >= 11 is 0. The van der Waals surface area contributed by atoms with Crippen molar-refractivity contribution in [2.24, 2.45) is 16.8 Å². The van der Waals surface area contributed by atoms with Crippen LogP contribution in [0.4, 0.5) is 18.9 Å². The van der Waals surface area contributed by atoms with Gasteiger partial charge in [0.25, 0.3) is 5.91 Å². The van der Waals surface area contributed by atoms with E-state index < -0.39 is 41.7 Å². The van der Waals surface area contributed by atoms with Gasteiger partial charge in [-0.2, -0.15) is 13.2 Å². The zero-order valence-corrected chi connectivity index (χ0v) is 18.8. The van der Waals surface area contributed by atoms with Gasteiger partial charge in [-0.1, -0.05) is 43.2 Å². The van der Waals surface area contributed by atoms with Crippen LogP contribution < -0.4 is 10.2 Å². The number of rotatable bonds is 6. The molecule has 9 heteroatoms. The number of alkyl halides is 3. The summed E-state index contributed by atoms with van der Waals surface area (Å²) in [7, 11) is 1.56. The normalized spacial score (nSPS) is 20.2. The number of nitrogens with one attached hydrogen (secondary N) is 1. The van der Waals surface area contributed by atoms with Crippen molar-refractivity contribution in [1.29, 1.82) is 0 Å². The van der Waals surface area contributed by atoms with Crippen molar-refractivity contribution in [3.05, 3.63) is 65.2 Å². The topological polar surface area (TPSA) is 82.0 Å². The van der Waals surface area contributed by atoms with Gasteiger partial charge in [0.1, 0.15) is 0 Å². The van der Waals surface area contributed by atoms with Crippen molar-refractivity contribution < 1.29 is 27.9 Å². The van der Waals surface area contributed by atoms with E-state index in [2.05, 4.69) is 10.3 Å². The Morgan fingerprint density at radius 1 is 1.18 bits per heavy atom. The number of nitrogens with zero attached hydrogens (tertiary/aromatic N) is 2. The van der Waals surface area contributed by atoms with Gasteiger partial charge in [-0.25, -0.2) is 4.99 Å². The van der Waals surface area contributed by atoms with Crippen molar-refractivity contribution in [2.75, 3.05) is 11.9 Å². The third-order valence-corrected chi connectivity index (χ3v) is 6.31. The molecule has 0 bridgehead atoms. The molecule has 2 aromatic rings. The lowest BCUT2D eigenvalue weighted by molar-refractivity contribution is -0.137. The minimum atomic E-state index is -4.48. The van der Waals surface area contributed by atoms with E-state index in [1.165, 1.54) is 17.0 Å². The number of likely N-dealkylation sites (N-methyl/N-ethyl adjacent to an activating group) is 1. The fourth-order valence-electron chi connectivity index (χ4n) is 4.14.